The monoisotopic (exact) mass is 397 g/mol. The van der Waals surface area contributed by atoms with Crippen molar-refractivity contribution in [3.8, 4) is 6.07 Å². The smallest absolute Gasteiger partial charge is 0.266 e. The van der Waals surface area contributed by atoms with Gasteiger partial charge in [-0.15, -0.1) is 11.3 Å². The second-order valence-electron chi connectivity index (χ2n) is 7.72. The third kappa shape index (κ3) is 5.43. The van der Waals surface area contributed by atoms with Gasteiger partial charge in [-0.2, -0.15) is 5.26 Å². The summed E-state index contributed by atoms with van der Waals surface area (Å²) in [7, 11) is 0. The number of benzene rings is 1. The highest BCUT2D eigenvalue weighted by Crippen LogP contribution is 2.20. The molecule has 0 aliphatic rings. The summed E-state index contributed by atoms with van der Waals surface area (Å²) in [6.45, 7) is 11.2. The minimum absolute atomic E-state index is 0.0193. The molecule has 1 aromatic heterocycles. The van der Waals surface area contributed by atoms with E-state index in [1.807, 2.05) is 45.9 Å². The molecule has 6 heteroatoms. The van der Waals surface area contributed by atoms with Gasteiger partial charge < -0.3 is 9.88 Å². The van der Waals surface area contributed by atoms with Crippen molar-refractivity contribution in [1.82, 2.24) is 4.98 Å². The molecule has 0 radical (unpaired) electrons. The van der Waals surface area contributed by atoms with Crippen molar-refractivity contribution in [2.75, 3.05) is 18.0 Å². The van der Waals surface area contributed by atoms with E-state index < -0.39 is 5.41 Å². The number of aromatic amines is 1. The molecule has 1 heterocycles. The van der Waals surface area contributed by atoms with Gasteiger partial charge in [0.05, 0.1) is 21.7 Å². The lowest BCUT2D eigenvalue weighted by molar-refractivity contribution is -0.119. The van der Waals surface area contributed by atoms with Crippen LogP contribution in [0.1, 0.15) is 45.2 Å². The predicted molar refractivity (Wildman–Crippen MR) is 116 cm³/mol. The molecule has 28 heavy (non-hydrogen) atoms. The van der Waals surface area contributed by atoms with Crippen LogP contribution in [0, 0.1) is 23.7 Å². The molecule has 0 aliphatic heterocycles. The van der Waals surface area contributed by atoms with Crippen LogP contribution in [0.25, 0.3) is 12.2 Å². The van der Waals surface area contributed by atoms with E-state index in [-0.39, 0.29) is 11.3 Å². The Bertz CT molecular complexity index is 1060. The topological polar surface area (TPSA) is 77.0 Å². The number of nitriles is 1. The zero-order valence-corrected chi connectivity index (χ0v) is 17.9. The van der Waals surface area contributed by atoms with E-state index in [1.165, 1.54) is 17.4 Å². The van der Waals surface area contributed by atoms with Crippen LogP contribution < -0.4 is 19.7 Å². The molecule has 0 unspecified atom stereocenters. The number of ketones is 1. The van der Waals surface area contributed by atoms with Crippen LogP contribution in [0.2, 0.25) is 0 Å². The summed E-state index contributed by atoms with van der Waals surface area (Å²) in [4.78, 5) is 29.4. The standard InChI is InChI=1S/C22H27N3O2S/c1-6-25(11-7-10-23)17-9-8-16(15(2)12-17)13-18-21(27)24-20(28-18)14-19(26)22(3,4)5/h8-9,12-14H,6-7,11H2,1-5H3,(H,24,27)/b18-13-,20-14+. The first kappa shape index (κ1) is 21.6. The van der Waals surface area contributed by atoms with Crippen LogP contribution in [0.3, 0.4) is 0 Å². The number of nitrogens with zero attached hydrogens (tertiary/aromatic N) is 2. The Hall–Kier alpha value is -2.65. The fourth-order valence-electron chi connectivity index (χ4n) is 2.67. The van der Waals surface area contributed by atoms with Gasteiger partial charge in [-0.3, -0.25) is 9.59 Å². The highest BCUT2D eigenvalue weighted by atomic mass is 32.1. The molecule has 0 atom stereocenters. The first-order valence-corrected chi connectivity index (χ1v) is 10.2. The second kappa shape index (κ2) is 9.03. The van der Waals surface area contributed by atoms with E-state index in [9.17, 15) is 9.59 Å². The molecule has 1 aromatic carbocycles. The first-order chi connectivity index (χ1) is 13.2. The number of nitrogens with one attached hydrogen (secondary N) is 1. The minimum atomic E-state index is -0.478. The van der Waals surface area contributed by atoms with E-state index >= 15 is 0 Å². The molecule has 0 saturated heterocycles. The fourth-order valence-corrected chi connectivity index (χ4v) is 3.55. The van der Waals surface area contributed by atoms with Crippen molar-refractivity contribution in [3.05, 3.63) is 48.9 Å². The number of hydrogen-bond donors (Lipinski definition) is 1. The molecule has 2 aromatic rings. The number of rotatable bonds is 6. The largest absolute Gasteiger partial charge is 0.371 e. The van der Waals surface area contributed by atoms with Gasteiger partial charge in [0.25, 0.3) is 5.56 Å². The van der Waals surface area contributed by atoms with Gasteiger partial charge >= 0.3 is 0 Å². The summed E-state index contributed by atoms with van der Waals surface area (Å²) in [6, 6.07) is 8.25. The molecule has 0 aliphatic carbocycles. The zero-order valence-electron chi connectivity index (χ0n) is 17.1. The molecule has 2 rings (SSSR count). The van der Waals surface area contributed by atoms with Crippen LogP contribution >= 0.6 is 11.3 Å². The molecule has 5 nitrogen and oxygen atoms in total. The van der Waals surface area contributed by atoms with Crippen LogP contribution in [-0.4, -0.2) is 23.9 Å². The van der Waals surface area contributed by atoms with Crippen molar-refractivity contribution in [1.29, 1.82) is 5.26 Å². The molecule has 0 spiro atoms. The third-order valence-corrected chi connectivity index (χ3v) is 5.43. The van der Waals surface area contributed by atoms with E-state index in [0.29, 0.717) is 22.2 Å². The number of H-pyrrole nitrogens is 1. The quantitative estimate of drug-likeness (QED) is 0.813. The maximum Gasteiger partial charge on any atom is 0.266 e. The minimum Gasteiger partial charge on any atom is -0.371 e. The van der Waals surface area contributed by atoms with Crippen molar-refractivity contribution >= 4 is 35.0 Å². The average molecular weight is 398 g/mol. The lowest BCUT2D eigenvalue weighted by Crippen LogP contribution is -2.23. The van der Waals surface area contributed by atoms with E-state index in [2.05, 4.69) is 28.9 Å². The van der Waals surface area contributed by atoms with E-state index in [0.717, 1.165) is 23.4 Å². The Balaban J connectivity index is 2.39. The summed E-state index contributed by atoms with van der Waals surface area (Å²) in [5.74, 6) is -0.0193. The van der Waals surface area contributed by atoms with Crippen molar-refractivity contribution < 1.29 is 4.79 Å². The van der Waals surface area contributed by atoms with E-state index in [4.69, 9.17) is 5.26 Å². The summed E-state index contributed by atoms with van der Waals surface area (Å²) in [5, 5.41) is 8.81. The Labute approximate surface area is 169 Å². The normalized spacial score (nSPS) is 12.9. The number of carbonyl (C=O) groups excluding carboxylic acids is 1. The number of carbonyl (C=O) groups is 1. The van der Waals surface area contributed by atoms with Crippen LogP contribution in [0.5, 0.6) is 0 Å². The number of aryl methyl sites for hydroxylation is 1. The van der Waals surface area contributed by atoms with Gasteiger partial charge in [0.15, 0.2) is 5.78 Å². The number of thiazole rings is 1. The maximum absolute atomic E-state index is 12.3. The maximum atomic E-state index is 12.3. The molecule has 1 N–H and O–H groups in total. The van der Waals surface area contributed by atoms with E-state index in [1.54, 1.807) is 0 Å². The van der Waals surface area contributed by atoms with Crippen LogP contribution in [0.15, 0.2) is 23.0 Å². The van der Waals surface area contributed by atoms with Gasteiger partial charge in [-0.25, -0.2) is 0 Å². The molecule has 0 saturated carbocycles. The van der Waals surface area contributed by atoms with Gasteiger partial charge in [-0.05, 0) is 43.2 Å². The molecule has 148 valence electrons. The van der Waals surface area contributed by atoms with Crippen molar-refractivity contribution in [3.63, 3.8) is 0 Å². The summed E-state index contributed by atoms with van der Waals surface area (Å²) < 4.78 is 1.14. The van der Waals surface area contributed by atoms with Crippen molar-refractivity contribution in [2.24, 2.45) is 5.41 Å². The SMILES string of the molecule is CCN(CCC#N)c1ccc(/C=c2\s/c(=C/C(=O)C(C)(C)C)[nH]c2=O)c(C)c1. The van der Waals surface area contributed by atoms with Crippen LogP contribution in [0.4, 0.5) is 5.69 Å². The fraction of sp³-hybridized carbons (Fsp3) is 0.409. The summed E-state index contributed by atoms with van der Waals surface area (Å²) in [6.07, 6.45) is 3.85. The third-order valence-electron chi connectivity index (χ3n) is 4.46. The molecule has 0 fully saturated rings. The van der Waals surface area contributed by atoms with Gasteiger partial charge in [0.2, 0.25) is 0 Å². The van der Waals surface area contributed by atoms with Gasteiger partial charge in [0.1, 0.15) is 0 Å². The molecular weight excluding hydrogens is 370 g/mol. The zero-order chi connectivity index (χ0) is 20.9. The Morgan fingerprint density at radius 1 is 1.36 bits per heavy atom. The molecular formula is C22H27N3O2S. The van der Waals surface area contributed by atoms with Crippen molar-refractivity contribution in [2.45, 2.75) is 41.0 Å². The number of anilines is 1. The van der Waals surface area contributed by atoms with Gasteiger partial charge in [-0.1, -0.05) is 26.8 Å². The first-order valence-electron chi connectivity index (χ1n) is 9.35. The number of aromatic nitrogens is 1. The highest BCUT2D eigenvalue weighted by Gasteiger charge is 2.18. The lowest BCUT2D eigenvalue weighted by atomic mass is 9.91. The second-order valence-corrected chi connectivity index (χ2v) is 8.80. The van der Waals surface area contributed by atoms with Crippen LogP contribution in [-0.2, 0) is 4.79 Å². The number of hydrogen-bond acceptors (Lipinski definition) is 5. The highest BCUT2D eigenvalue weighted by molar-refractivity contribution is 7.07. The molecule has 0 amide bonds. The number of Topliss-reactive ketones (excluding diaryl/α,β-unsaturated/α-hetero) is 1. The Morgan fingerprint density at radius 3 is 2.64 bits per heavy atom. The average Bonchev–Trinajstić information content (AvgIpc) is 2.96. The predicted octanol–water partition coefficient (Wildman–Crippen LogP) is 2.71. The Morgan fingerprint density at radius 2 is 2.07 bits per heavy atom. The Kier molecular flexibility index (Phi) is 6.98. The summed E-state index contributed by atoms with van der Waals surface area (Å²) in [5.41, 5.74) is 2.41. The molecule has 0 bridgehead atoms. The lowest BCUT2D eigenvalue weighted by Gasteiger charge is -2.22. The van der Waals surface area contributed by atoms with Gasteiger partial charge in [0, 0.05) is 30.3 Å². The summed E-state index contributed by atoms with van der Waals surface area (Å²) >= 11 is 1.29.